The summed E-state index contributed by atoms with van der Waals surface area (Å²) in [6, 6.07) is 7.52. The first-order valence-corrected chi connectivity index (χ1v) is 3.92. The number of imidazole rings is 1. The number of nitrogens with one attached hydrogen (secondary N) is 1. The van der Waals surface area contributed by atoms with E-state index in [4.69, 9.17) is 11.5 Å². The maximum Gasteiger partial charge on any atom is 0.197 e. The van der Waals surface area contributed by atoms with Crippen LogP contribution in [-0.4, -0.2) is 9.97 Å². The van der Waals surface area contributed by atoms with Gasteiger partial charge in [0.15, 0.2) is 5.95 Å². The van der Waals surface area contributed by atoms with Crippen LogP contribution in [0.4, 0.5) is 11.6 Å². The Balaban J connectivity index is 0.000000980. The van der Waals surface area contributed by atoms with E-state index in [2.05, 4.69) is 9.97 Å². The van der Waals surface area contributed by atoms with Crippen LogP contribution in [0.5, 0.6) is 0 Å². The van der Waals surface area contributed by atoms with Gasteiger partial charge in [-0.2, -0.15) is 0 Å². The van der Waals surface area contributed by atoms with Crippen LogP contribution >= 0.6 is 12.4 Å². The monoisotopic (exact) mass is 210 g/mol. The first-order valence-electron chi connectivity index (χ1n) is 3.92. The van der Waals surface area contributed by atoms with Crippen LogP contribution in [0.3, 0.4) is 0 Å². The maximum atomic E-state index is 5.56. The molecule has 0 bridgehead atoms. The highest BCUT2D eigenvalue weighted by atomic mass is 35.5. The summed E-state index contributed by atoms with van der Waals surface area (Å²) in [5.41, 5.74) is 13.7. The Kier molecular flexibility index (Phi) is 2.99. The first kappa shape index (κ1) is 10.4. The number of halogens is 1. The number of hydrogen-bond acceptors (Lipinski definition) is 3. The average Bonchev–Trinajstić information content (AvgIpc) is 2.53. The highest BCUT2D eigenvalue weighted by Gasteiger charge is 1.99. The fourth-order valence-corrected chi connectivity index (χ4v) is 1.15. The number of benzene rings is 1. The van der Waals surface area contributed by atoms with Crippen LogP contribution in [0.15, 0.2) is 30.5 Å². The molecular formula is C9H11ClN4. The molecule has 2 rings (SSSR count). The number of aromatic amines is 1. The van der Waals surface area contributed by atoms with Crippen LogP contribution in [-0.2, 0) is 0 Å². The molecule has 0 atom stereocenters. The van der Waals surface area contributed by atoms with E-state index in [0.717, 1.165) is 16.9 Å². The predicted octanol–water partition coefficient (Wildman–Crippen LogP) is 1.66. The Hall–Kier alpha value is -1.68. The zero-order valence-corrected chi connectivity index (χ0v) is 8.21. The van der Waals surface area contributed by atoms with Gasteiger partial charge in [-0.15, -0.1) is 12.4 Å². The molecule has 5 heteroatoms. The highest BCUT2D eigenvalue weighted by molar-refractivity contribution is 5.85. The van der Waals surface area contributed by atoms with Crippen molar-refractivity contribution in [2.45, 2.75) is 0 Å². The second-order valence-corrected chi connectivity index (χ2v) is 2.80. The van der Waals surface area contributed by atoms with E-state index >= 15 is 0 Å². The number of nitrogens with two attached hydrogens (primary N) is 2. The van der Waals surface area contributed by atoms with Crippen molar-refractivity contribution in [3.8, 4) is 11.3 Å². The standard InChI is InChI=1S/C9H10N4.ClH/c10-7-3-1-6(2-4-7)8-5-12-9(11)13-8;/h1-5H,10H2,(H3,11,12,13);1H. The Morgan fingerprint density at radius 3 is 2.21 bits per heavy atom. The van der Waals surface area contributed by atoms with Crippen LogP contribution < -0.4 is 11.5 Å². The second kappa shape index (κ2) is 4.02. The molecule has 0 spiro atoms. The number of nitrogen functional groups attached to an aromatic ring is 2. The molecule has 0 saturated carbocycles. The lowest BCUT2D eigenvalue weighted by molar-refractivity contribution is 1.33. The number of hydrogen-bond donors (Lipinski definition) is 3. The van der Waals surface area contributed by atoms with Crippen LogP contribution in [0.25, 0.3) is 11.3 Å². The Labute approximate surface area is 87.8 Å². The third-order valence-corrected chi connectivity index (χ3v) is 1.82. The minimum Gasteiger partial charge on any atom is -0.399 e. The maximum absolute atomic E-state index is 5.56. The Morgan fingerprint density at radius 1 is 1.07 bits per heavy atom. The van der Waals surface area contributed by atoms with E-state index < -0.39 is 0 Å². The largest absolute Gasteiger partial charge is 0.399 e. The van der Waals surface area contributed by atoms with E-state index in [9.17, 15) is 0 Å². The van der Waals surface area contributed by atoms with Gasteiger partial charge in [0.1, 0.15) is 0 Å². The topological polar surface area (TPSA) is 80.7 Å². The van der Waals surface area contributed by atoms with Crippen molar-refractivity contribution in [1.29, 1.82) is 0 Å². The lowest BCUT2D eigenvalue weighted by atomic mass is 10.1. The number of H-pyrrole nitrogens is 1. The minimum atomic E-state index is 0. The summed E-state index contributed by atoms with van der Waals surface area (Å²) in [7, 11) is 0. The van der Waals surface area contributed by atoms with Crippen molar-refractivity contribution in [3.05, 3.63) is 30.5 Å². The van der Waals surface area contributed by atoms with Gasteiger partial charge < -0.3 is 16.5 Å². The van der Waals surface area contributed by atoms with E-state index in [1.807, 2.05) is 24.3 Å². The minimum absolute atomic E-state index is 0. The molecule has 0 unspecified atom stereocenters. The van der Waals surface area contributed by atoms with Gasteiger partial charge in [0.25, 0.3) is 0 Å². The molecule has 5 N–H and O–H groups in total. The van der Waals surface area contributed by atoms with Crippen molar-refractivity contribution >= 4 is 24.0 Å². The average molecular weight is 211 g/mol. The summed E-state index contributed by atoms with van der Waals surface area (Å²) >= 11 is 0. The second-order valence-electron chi connectivity index (χ2n) is 2.80. The van der Waals surface area contributed by atoms with Gasteiger partial charge in [-0.05, 0) is 17.7 Å². The molecule has 0 aliphatic heterocycles. The van der Waals surface area contributed by atoms with Gasteiger partial charge in [0.05, 0.1) is 11.9 Å². The highest BCUT2D eigenvalue weighted by Crippen LogP contribution is 2.18. The molecule has 74 valence electrons. The van der Waals surface area contributed by atoms with E-state index in [-0.39, 0.29) is 12.4 Å². The number of rotatable bonds is 1. The van der Waals surface area contributed by atoms with Crippen LogP contribution in [0.2, 0.25) is 0 Å². The van der Waals surface area contributed by atoms with Gasteiger partial charge >= 0.3 is 0 Å². The molecule has 0 aliphatic carbocycles. The van der Waals surface area contributed by atoms with Gasteiger partial charge in [-0.1, -0.05) is 12.1 Å². The molecule has 0 radical (unpaired) electrons. The Bertz CT molecular complexity index is 407. The lowest BCUT2D eigenvalue weighted by Gasteiger charge is -1.97. The van der Waals surface area contributed by atoms with Crippen molar-refractivity contribution in [2.24, 2.45) is 0 Å². The van der Waals surface area contributed by atoms with Crippen molar-refractivity contribution in [1.82, 2.24) is 9.97 Å². The van der Waals surface area contributed by atoms with Gasteiger partial charge in [0, 0.05) is 5.69 Å². The first-order chi connectivity index (χ1) is 6.25. The molecule has 4 nitrogen and oxygen atoms in total. The summed E-state index contributed by atoms with van der Waals surface area (Å²) in [5.74, 6) is 0.423. The quantitative estimate of drug-likeness (QED) is 0.627. The predicted molar refractivity (Wildman–Crippen MR) is 60.1 cm³/mol. The zero-order chi connectivity index (χ0) is 9.26. The Morgan fingerprint density at radius 2 is 1.71 bits per heavy atom. The van der Waals surface area contributed by atoms with Crippen LogP contribution in [0.1, 0.15) is 0 Å². The lowest BCUT2D eigenvalue weighted by Crippen LogP contribution is -1.86. The molecule has 0 fully saturated rings. The molecule has 1 aromatic heterocycles. The fraction of sp³-hybridized carbons (Fsp3) is 0. The molecule has 14 heavy (non-hydrogen) atoms. The number of aromatic nitrogens is 2. The smallest absolute Gasteiger partial charge is 0.197 e. The third-order valence-electron chi connectivity index (χ3n) is 1.82. The molecule has 0 amide bonds. The summed E-state index contributed by atoms with van der Waals surface area (Å²) in [5, 5.41) is 0. The molecule has 0 aliphatic rings. The zero-order valence-electron chi connectivity index (χ0n) is 7.40. The summed E-state index contributed by atoms with van der Waals surface area (Å²) in [6.45, 7) is 0. The summed E-state index contributed by atoms with van der Waals surface area (Å²) in [6.07, 6.45) is 1.70. The SMILES string of the molecule is Cl.Nc1ccc(-c2cnc(N)[nH]2)cc1. The molecule has 2 aromatic rings. The van der Waals surface area contributed by atoms with Crippen molar-refractivity contribution < 1.29 is 0 Å². The van der Waals surface area contributed by atoms with Crippen molar-refractivity contribution in [3.63, 3.8) is 0 Å². The fourth-order valence-electron chi connectivity index (χ4n) is 1.15. The molecular weight excluding hydrogens is 200 g/mol. The van der Waals surface area contributed by atoms with E-state index in [1.54, 1.807) is 6.20 Å². The van der Waals surface area contributed by atoms with Crippen molar-refractivity contribution in [2.75, 3.05) is 11.5 Å². The van der Waals surface area contributed by atoms with E-state index in [0.29, 0.717) is 5.95 Å². The molecule has 1 aromatic carbocycles. The number of nitrogens with zero attached hydrogens (tertiary/aromatic N) is 1. The van der Waals surface area contributed by atoms with Gasteiger partial charge in [0.2, 0.25) is 0 Å². The van der Waals surface area contributed by atoms with Gasteiger partial charge in [-0.25, -0.2) is 4.98 Å². The summed E-state index contributed by atoms with van der Waals surface area (Å²) < 4.78 is 0. The normalized spacial score (nSPS) is 9.43. The third kappa shape index (κ3) is 1.97. The van der Waals surface area contributed by atoms with Gasteiger partial charge in [-0.3, -0.25) is 0 Å². The molecule has 0 saturated heterocycles. The summed E-state index contributed by atoms with van der Waals surface area (Å²) in [4.78, 5) is 6.84. The van der Waals surface area contributed by atoms with Crippen LogP contribution in [0, 0.1) is 0 Å². The molecule has 1 heterocycles. The number of anilines is 2. The van der Waals surface area contributed by atoms with E-state index in [1.165, 1.54) is 0 Å².